The largest absolute Gasteiger partial charge is 0.346 e. The molecule has 168 valence electrons. The second-order valence-electron chi connectivity index (χ2n) is 7.43. The van der Waals surface area contributed by atoms with Crippen molar-refractivity contribution in [3.63, 3.8) is 0 Å². The van der Waals surface area contributed by atoms with Crippen LogP contribution in [0.25, 0.3) is 6.08 Å². The Kier molecular flexibility index (Phi) is 7.85. The van der Waals surface area contributed by atoms with Gasteiger partial charge in [0.2, 0.25) is 15.9 Å². The van der Waals surface area contributed by atoms with Gasteiger partial charge < -0.3 is 9.80 Å². The lowest BCUT2D eigenvalue weighted by Crippen LogP contribution is -2.34. The number of hydrogen-bond acceptors (Lipinski definition) is 6. The number of nitrogens with zero attached hydrogens (tertiary/aromatic N) is 4. The molecule has 31 heavy (non-hydrogen) atoms. The minimum Gasteiger partial charge on any atom is -0.346 e. The number of thiazole rings is 1. The highest BCUT2D eigenvalue weighted by Crippen LogP contribution is 2.22. The van der Waals surface area contributed by atoms with E-state index in [2.05, 4.69) is 9.88 Å². The third-order valence-corrected chi connectivity index (χ3v) is 8.41. The number of rotatable bonds is 7. The molecule has 1 amide bonds. The summed E-state index contributed by atoms with van der Waals surface area (Å²) in [4.78, 5) is 21.6. The van der Waals surface area contributed by atoms with Gasteiger partial charge in [-0.05, 0) is 37.1 Å². The van der Waals surface area contributed by atoms with Gasteiger partial charge in [0.05, 0.1) is 10.6 Å². The van der Waals surface area contributed by atoms with Crippen molar-refractivity contribution in [2.75, 3.05) is 44.2 Å². The smallest absolute Gasteiger partial charge is 0.246 e. The molecule has 1 aliphatic heterocycles. The Labute approximate surface area is 189 Å². The highest BCUT2D eigenvalue weighted by molar-refractivity contribution is 7.89. The molecule has 0 spiro atoms. The van der Waals surface area contributed by atoms with Gasteiger partial charge in [-0.3, -0.25) is 4.79 Å². The van der Waals surface area contributed by atoms with Gasteiger partial charge in [-0.15, -0.1) is 11.3 Å². The summed E-state index contributed by atoms with van der Waals surface area (Å²) in [6, 6.07) is 6.65. The molecule has 2 aromatic rings. The summed E-state index contributed by atoms with van der Waals surface area (Å²) in [5.74, 6) is -0.0305. The van der Waals surface area contributed by atoms with Crippen LogP contribution in [-0.4, -0.2) is 67.8 Å². The summed E-state index contributed by atoms with van der Waals surface area (Å²) in [5.41, 5.74) is 1.82. The first-order valence-corrected chi connectivity index (χ1v) is 12.9. The molecule has 9 heteroatoms. The molecule has 0 unspecified atom stereocenters. The van der Waals surface area contributed by atoms with E-state index in [1.807, 2.05) is 31.1 Å². The van der Waals surface area contributed by atoms with Gasteiger partial charge in [0.1, 0.15) is 0 Å². The van der Waals surface area contributed by atoms with Crippen LogP contribution in [-0.2, 0) is 14.8 Å². The summed E-state index contributed by atoms with van der Waals surface area (Å²) < 4.78 is 26.6. The molecule has 0 bridgehead atoms. The SMILES string of the molecule is CCN(CC)S(=O)(=O)c1ccc(/C=C/C(=O)N2CCCN(c3nc(C)cs3)CC2)cc1. The maximum Gasteiger partial charge on any atom is 0.246 e. The lowest BCUT2D eigenvalue weighted by molar-refractivity contribution is -0.125. The predicted molar refractivity (Wildman–Crippen MR) is 126 cm³/mol. The third-order valence-electron chi connectivity index (χ3n) is 5.33. The highest BCUT2D eigenvalue weighted by Gasteiger charge is 2.21. The van der Waals surface area contributed by atoms with E-state index in [4.69, 9.17) is 0 Å². The van der Waals surface area contributed by atoms with E-state index in [0.29, 0.717) is 26.2 Å². The fourth-order valence-corrected chi connectivity index (χ4v) is 5.87. The van der Waals surface area contributed by atoms with Gasteiger partial charge >= 0.3 is 0 Å². The molecule has 1 aromatic carbocycles. The topological polar surface area (TPSA) is 73.8 Å². The Hall–Kier alpha value is -2.23. The van der Waals surface area contributed by atoms with E-state index in [9.17, 15) is 13.2 Å². The molecular weight excluding hydrogens is 432 g/mol. The average Bonchev–Trinajstić information content (AvgIpc) is 3.04. The lowest BCUT2D eigenvalue weighted by atomic mass is 10.2. The number of amides is 1. The van der Waals surface area contributed by atoms with Crippen molar-refractivity contribution >= 4 is 38.5 Å². The monoisotopic (exact) mass is 462 g/mol. The van der Waals surface area contributed by atoms with Crippen LogP contribution in [0.5, 0.6) is 0 Å². The van der Waals surface area contributed by atoms with Crippen molar-refractivity contribution in [2.45, 2.75) is 32.1 Å². The van der Waals surface area contributed by atoms with Crippen LogP contribution in [0.3, 0.4) is 0 Å². The highest BCUT2D eigenvalue weighted by atomic mass is 32.2. The Morgan fingerprint density at radius 1 is 1.13 bits per heavy atom. The van der Waals surface area contributed by atoms with Crippen LogP contribution in [0.4, 0.5) is 5.13 Å². The normalized spacial score (nSPS) is 15.6. The summed E-state index contributed by atoms with van der Waals surface area (Å²) in [5, 5.41) is 3.06. The van der Waals surface area contributed by atoms with Crippen molar-refractivity contribution in [3.8, 4) is 0 Å². The average molecular weight is 463 g/mol. The second kappa shape index (κ2) is 10.4. The van der Waals surface area contributed by atoms with Gasteiger partial charge in [0, 0.05) is 50.7 Å². The molecule has 1 saturated heterocycles. The predicted octanol–water partition coefficient (Wildman–Crippen LogP) is 3.23. The van der Waals surface area contributed by atoms with E-state index in [1.54, 1.807) is 47.8 Å². The first-order valence-electron chi connectivity index (χ1n) is 10.6. The molecule has 1 fully saturated rings. The van der Waals surface area contributed by atoms with Crippen molar-refractivity contribution < 1.29 is 13.2 Å². The van der Waals surface area contributed by atoms with Crippen LogP contribution in [0.2, 0.25) is 0 Å². The third kappa shape index (κ3) is 5.72. The molecule has 1 aliphatic rings. The first-order chi connectivity index (χ1) is 14.8. The minimum atomic E-state index is -3.47. The van der Waals surface area contributed by atoms with E-state index in [-0.39, 0.29) is 10.8 Å². The van der Waals surface area contributed by atoms with E-state index in [0.717, 1.165) is 35.9 Å². The number of carbonyl (C=O) groups is 1. The van der Waals surface area contributed by atoms with Gasteiger partial charge in [-0.25, -0.2) is 13.4 Å². The van der Waals surface area contributed by atoms with Gasteiger partial charge in [0.25, 0.3) is 0 Å². The van der Waals surface area contributed by atoms with E-state index >= 15 is 0 Å². The Morgan fingerprint density at radius 2 is 1.84 bits per heavy atom. The Bertz CT molecular complexity index is 1010. The Balaban J connectivity index is 1.61. The fourth-order valence-electron chi connectivity index (χ4n) is 3.55. The number of benzene rings is 1. The van der Waals surface area contributed by atoms with Crippen LogP contribution in [0, 0.1) is 6.92 Å². The molecule has 0 atom stereocenters. The van der Waals surface area contributed by atoms with Crippen molar-refractivity contribution in [2.24, 2.45) is 0 Å². The number of aryl methyl sites for hydroxylation is 1. The molecule has 2 heterocycles. The van der Waals surface area contributed by atoms with Crippen molar-refractivity contribution in [3.05, 3.63) is 47.0 Å². The van der Waals surface area contributed by atoms with Crippen LogP contribution < -0.4 is 4.90 Å². The van der Waals surface area contributed by atoms with Crippen LogP contribution >= 0.6 is 11.3 Å². The lowest BCUT2D eigenvalue weighted by Gasteiger charge is -2.20. The van der Waals surface area contributed by atoms with Gasteiger partial charge in [-0.1, -0.05) is 26.0 Å². The molecule has 0 aliphatic carbocycles. The zero-order valence-corrected chi connectivity index (χ0v) is 20.0. The maximum atomic E-state index is 12.7. The minimum absolute atomic E-state index is 0.0305. The molecule has 3 rings (SSSR count). The number of sulfonamides is 1. The van der Waals surface area contributed by atoms with Crippen LogP contribution in [0.1, 0.15) is 31.5 Å². The molecule has 0 radical (unpaired) electrons. The molecule has 0 N–H and O–H groups in total. The van der Waals surface area contributed by atoms with Crippen LogP contribution in [0.15, 0.2) is 40.6 Å². The molecule has 1 aromatic heterocycles. The van der Waals surface area contributed by atoms with Crippen molar-refractivity contribution in [1.29, 1.82) is 0 Å². The van der Waals surface area contributed by atoms with E-state index < -0.39 is 10.0 Å². The maximum absolute atomic E-state index is 12.7. The Morgan fingerprint density at radius 3 is 2.45 bits per heavy atom. The molecule has 0 saturated carbocycles. The summed E-state index contributed by atoms with van der Waals surface area (Å²) in [6.07, 6.45) is 4.20. The quantitative estimate of drug-likeness (QED) is 0.591. The molecular formula is C22H30N4O3S2. The number of carbonyl (C=O) groups excluding carboxylic acids is 1. The standard InChI is InChI=1S/C22H30N4O3S2/c1-4-26(5-2)31(28,29)20-10-7-19(8-11-20)9-12-21(27)24-13-6-14-25(16-15-24)22-23-18(3)17-30-22/h7-12,17H,4-6,13-16H2,1-3H3/b12-9+. The first kappa shape index (κ1) is 23.4. The summed E-state index contributed by atoms with van der Waals surface area (Å²) in [6.45, 7) is 9.54. The van der Waals surface area contributed by atoms with Gasteiger partial charge in [-0.2, -0.15) is 4.31 Å². The number of hydrogen-bond donors (Lipinski definition) is 0. The van der Waals surface area contributed by atoms with Gasteiger partial charge in [0.15, 0.2) is 5.13 Å². The van der Waals surface area contributed by atoms with E-state index in [1.165, 1.54) is 4.31 Å². The second-order valence-corrected chi connectivity index (χ2v) is 10.2. The van der Waals surface area contributed by atoms with Crippen molar-refractivity contribution in [1.82, 2.24) is 14.2 Å². The zero-order chi connectivity index (χ0) is 22.4. The number of anilines is 1. The summed E-state index contributed by atoms with van der Waals surface area (Å²) >= 11 is 1.64. The fraction of sp³-hybridized carbons (Fsp3) is 0.455. The zero-order valence-electron chi connectivity index (χ0n) is 18.3. The molecule has 7 nitrogen and oxygen atoms in total. The summed E-state index contributed by atoms with van der Waals surface area (Å²) in [7, 11) is -3.47. The number of aromatic nitrogens is 1.